The third-order valence-corrected chi connectivity index (χ3v) is 5.81. The van der Waals surface area contributed by atoms with Crippen molar-refractivity contribution in [2.75, 3.05) is 19.9 Å². The quantitative estimate of drug-likeness (QED) is 0.727. The van der Waals surface area contributed by atoms with Crippen LogP contribution in [0.3, 0.4) is 0 Å². The molecule has 0 bridgehead atoms. The number of hydrogen-bond acceptors (Lipinski definition) is 6. The maximum atomic E-state index is 12.5. The van der Waals surface area contributed by atoms with E-state index in [2.05, 4.69) is 5.32 Å². The van der Waals surface area contributed by atoms with Crippen LogP contribution in [-0.2, 0) is 21.4 Å². The van der Waals surface area contributed by atoms with Crippen LogP contribution in [0.5, 0.6) is 11.5 Å². The average Bonchev–Trinajstić information content (AvgIpc) is 3.12. The molecular formula is C19H19N3O6S. The SMILES string of the molecule is NS(=O)(=O)c1ccc(CNC(=O)C2CN(C(=O)c3ccc4c(c3)OCO4)C2)cc1. The first-order chi connectivity index (χ1) is 13.8. The molecule has 3 N–H and O–H groups in total. The van der Waals surface area contributed by atoms with Crippen molar-refractivity contribution in [3.8, 4) is 11.5 Å². The van der Waals surface area contributed by atoms with E-state index in [-0.39, 0.29) is 36.0 Å². The molecule has 2 aliphatic rings. The van der Waals surface area contributed by atoms with Crippen molar-refractivity contribution in [2.24, 2.45) is 11.1 Å². The molecular weight excluding hydrogens is 398 g/mol. The summed E-state index contributed by atoms with van der Waals surface area (Å²) < 4.78 is 33.0. The highest BCUT2D eigenvalue weighted by Gasteiger charge is 2.36. The number of hydrogen-bond donors (Lipinski definition) is 2. The number of nitrogens with one attached hydrogen (secondary N) is 1. The van der Waals surface area contributed by atoms with Crippen LogP contribution in [0, 0.1) is 5.92 Å². The van der Waals surface area contributed by atoms with Gasteiger partial charge in [-0.2, -0.15) is 0 Å². The average molecular weight is 417 g/mol. The summed E-state index contributed by atoms with van der Waals surface area (Å²) >= 11 is 0. The van der Waals surface area contributed by atoms with Gasteiger partial charge in [0.15, 0.2) is 11.5 Å². The van der Waals surface area contributed by atoms with Crippen molar-refractivity contribution in [3.63, 3.8) is 0 Å². The number of nitrogens with two attached hydrogens (primary N) is 1. The number of rotatable bonds is 5. The predicted molar refractivity (Wildman–Crippen MR) is 102 cm³/mol. The fraction of sp³-hybridized carbons (Fsp3) is 0.263. The molecule has 29 heavy (non-hydrogen) atoms. The van der Waals surface area contributed by atoms with E-state index in [1.807, 2.05) is 0 Å². The number of primary sulfonamides is 1. The second kappa shape index (κ2) is 7.37. The van der Waals surface area contributed by atoms with Crippen molar-refractivity contribution in [1.82, 2.24) is 10.2 Å². The highest BCUT2D eigenvalue weighted by Crippen LogP contribution is 2.33. The van der Waals surface area contributed by atoms with E-state index < -0.39 is 10.0 Å². The van der Waals surface area contributed by atoms with Crippen molar-refractivity contribution >= 4 is 21.8 Å². The Balaban J connectivity index is 1.27. The zero-order valence-corrected chi connectivity index (χ0v) is 16.1. The van der Waals surface area contributed by atoms with Gasteiger partial charge in [-0.05, 0) is 35.9 Å². The molecule has 0 spiro atoms. The summed E-state index contributed by atoms with van der Waals surface area (Å²) in [6, 6.07) is 11.0. The number of carbonyl (C=O) groups is 2. The molecule has 1 saturated heterocycles. The lowest BCUT2D eigenvalue weighted by Crippen LogP contribution is -2.55. The van der Waals surface area contributed by atoms with E-state index in [1.54, 1.807) is 35.2 Å². The maximum absolute atomic E-state index is 12.5. The second-order valence-corrected chi connectivity index (χ2v) is 8.44. The normalized spacial score (nSPS) is 15.7. The Hall–Kier alpha value is -3.11. The maximum Gasteiger partial charge on any atom is 0.254 e. The van der Waals surface area contributed by atoms with Crippen LogP contribution in [0.2, 0.25) is 0 Å². The Morgan fingerprint density at radius 3 is 2.45 bits per heavy atom. The van der Waals surface area contributed by atoms with Gasteiger partial charge in [-0.25, -0.2) is 13.6 Å². The van der Waals surface area contributed by atoms with E-state index in [9.17, 15) is 18.0 Å². The highest BCUT2D eigenvalue weighted by atomic mass is 32.2. The standard InChI is InChI=1S/C19H19N3O6S/c20-29(25,26)15-4-1-12(2-5-15)8-21-18(23)14-9-22(10-14)19(24)13-3-6-16-17(7-13)28-11-27-16/h1-7,14H,8-11H2,(H,21,23)(H2,20,25,26). The van der Waals surface area contributed by atoms with E-state index in [4.69, 9.17) is 14.6 Å². The minimum Gasteiger partial charge on any atom is -0.454 e. The second-order valence-electron chi connectivity index (χ2n) is 6.88. The highest BCUT2D eigenvalue weighted by molar-refractivity contribution is 7.89. The number of fused-ring (bicyclic) bond motifs is 1. The Morgan fingerprint density at radius 1 is 1.07 bits per heavy atom. The topological polar surface area (TPSA) is 128 Å². The fourth-order valence-electron chi connectivity index (χ4n) is 3.15. The summed E-state index contributed by atoms with van der Waals surface area (Å²) in [4.78, 5) is 26.4. The number of nitrogens with zero attached hydrogens (tertiary/aromatic N) is 1. The molecule has 0 aromatic heterocycles. The summed E-state index contributed by atoms with van der Waals surface area (Å²) in [5.41, 5.74) is 1.24. The summed E-state index contributed by atoms with van der Waals surface area (Å²) in [7, 11) is -3.74. The number of likely N-dealkylation sites (tertiary alicyclic amines) is 1. The number of benzene rings is 2. The molecule has 0 aliphatic carbocycles. The molecule has 10 heteroatoms. The van der Waals surface area contributed by atoms with Crippen LogP contribution in [0.4, 0.5) is 0 Å². The lowest BCUT2D eigenvalue weighted by Gasteiger charge is -2.38. The molecule has 0 unspecified atom stereocenters. The minimum atomic E-state index is -3.74. The number of amides is 2. The first kappa shape index (κ1) is 19.2. The number of carbonyl (C=O) groups excluding carboxylic acids is 2. The van der Waals surface area contributed by atoms with Crippen molar-refractivity contribution in [1.29, 1.82) is 0 Å². The van der Waals surface area contributed by atoms with Crippen molar-refractivity contribution in [2.45, 2.75) is 11.4 Å². The summed E-state index contributed by atoms with van der Waals surface area (Å²) in [6.07, 6.45) is 0. The van der Waals surface area contributed by atoms with Gasteiger partial charge in [0.1, 0.15) is 0 Å². The summed E-state index contributed by atoms with van der Waals surface area (Å²) in [5.74, 6) is 0.552. The predicted octanol–water partition coefficient (Wildman–Crippen LogP) is 0.451. The molecule has 0 saturated carbocycles. The molecule has 9 nitrogen and oxygen atoms in total. The Kier molecular flexibility index (Phi) is 4.89. The zero-order chi connectivity index (χ0) is 20.6. The van der Waals surface area contributed by atoms with Gasteiger partial charge in [0.25, 0.3) is 5.91 Å². The summed E-state index contributed by atoms with van der Waals surface area (Å²) in [5, 5.41) is 7.86. The largest absolute Gasteiger partial charge is 0.454 e. The molecule has 2 aromatic rings. The number of ether oxygens (including phenoxy) is 2. The smallest absolute Gasteiger partial charge is 0.254 e. The Morgan fingerprint density at radius 2 is 1.76 bits per heavy atom. The van der Waals surface area contributed by atoms with Gasteiger partial charge in [0.2, 0.25) is 22.7 Å². The lowest BCUT2D eigenvalue weighted by atomic mass is 9.97. The third kappa shape index (κ3) is 4.03. The molecule has 2 aromatic carbocycles. The van der Waals surface area contributed by atoms with Gasteiger partial charge in [-0.3, -0.25) is 9.59 Å². The van der Waals surface area contributed by atoms with Gasteiger partial charge in [-0.15, -0.1) is 0 Å². The Bertz CT molecular complexity index is 1060. The van der Waals surface area contributed by atoms with Crippen molar-refractivity contribution in [3.05, 3.63) is 53.6 Å². The van der Waals surface area contributed by atoms with E-state index in [0.717, 1.165) is 5.56 Å². The first-order valence-corrected chi connectivity index (χ1v) is 10.4. The van der Waals surface area contributed by atoms with Crippen LogP contribution in [0.1, 0.15) is 15.9 Å². The molecule has 2 amide bonds. The molecule has 1 fully saturated rings. The summed E-state index contributed by atoms with van der Waals surface area (Å²) in [6.45, 7) is 1.08. The van der Waals surface area contributed by atoms with Gasteiger partial charge < -0.3 is 19.7 Å². The third-order valence-electron chi connectivity index (χ3n) is 4.88. The molecule has 2 aliphatic heterocycles. The molecule has 152 valence electrons. The van der Waals surface area contributed by atoms with Crippen LogP contribution >= 0.6 is 0 Å². The van der Waals surface area contributed by atoms with Crippen LogP contribution in [-0.4, -0.2) is 45.0 Å². The van der Waals surface area contributed by atoms with Gasteiger partial charge in [-0.1, -0.05) is 12.1 Å². The number of sulfonamides is 1. The fourth-order valence-corrected chi connectivity index (χ4v) is 3.67. The van der Waals surface area contributed by atoms with Gasteiger partial charge in [0, 0.05) is 25.2 Å². The van der Waals surface area contributed by atoms with Crippen LogP contribution < -0.4 is 19.9 Å². The zero-order valence-electron chi connectivity index (χ0n) is 15.3. The Labute approximate surface area is 167 Å². The minimum absolute atomic E-state index is 0.0178. The van der Waals surface area contributed by atoms with Crippen LogP contribution in [0.25, 0.3) is 0 Å². The van der Waals surface area contributed by atoms with E-state index in [1.165, 1.54) is 12.1 Å². The lowest BCUT2D eigenvalue weighted by molar-refractivity contribution is -0.129. The molecule has 0 atom stereocenters. The molecule has 0 radical (unpaired) electrons. The van der Waals surface area contributed by atoms with Gasteiger partial charge in [0.05, 0.1) is 10.8 Å². The molecule has 4 rings (SSSR count). The first-order valence-electron chi connectivity index (χ1n) is 8.89. The van der Waals surface area contributed by atoms with E-state index in [0.29, 0.717) is 30.2 Å². The van der Waals surface area contributed by atoms with Gasteiger partial charge >= 0.3 is 0 Å². The molecule has 2 heterocycles. The van der Waals surface area contributed by atoms with Crippen LogP contribution in [0.15, 0.2) is 47.4 Å². The monoisotopic (exact) mass is 417 g/mol. The van der Waals surface area contributed by atoms with E-state index >= 15 is 0 Å². The van der Waals surface area contributed by atoms with Crippen molar-refractivity contribution < 1.29 is 27.5 Å².